The first-order chi connectivity index (χ1) is 6.27. The van der Waals surface area contributed by atoms with Gasteiger partial charge in [-0.2, -0.15) is 5.10 Å². The molecule has 13 heavy (non-hydrogen) atoms. The van der Waals surface area contributed by atoms with Gasteiger partial charge < -0.3 is 5.32 Å². The molecule has 1 heterocycles. The smallest absolute Gasteiger partial charge is 0.148 e. The maximum Gasteiger partial charge on any atom is 0.148 e. The predicted octanol–water partition coefficient (Wildman–Crippen LogP) is 2.75. The van der Waals surface area contributed by atoms with Crippen LogP contribution in [0.25, 0.3) is 0 Å². The Labute approximate surface area is 79.9 Å². The molecule has 0 amide bonds. The van der Waals surface area contributed by atoms with Crippen LogP contribution in [0.15, 0.2) is 6.07 Å². The second-order valence-corrected chi connectivity index (χ2v) is 3.44. The first-order valence-corrected chi connectivity index (χ1v) is 5.07. The normalized spacial score (nSPS) is 12.8. The monoisotopic (exact) mass is 181 g/mol. The van der Waals surface area contributed by atoms with Crippen LogP contribution in [0.5, 0.6) is 0 Å². The topological polar surface area (TPSA) is 40.7 Å². The molecule has 1 atom stereocenters. The number of aromatic nitrogens is 2. The van der Waals surface area contributed by atoms with Gasteiger partial charge in [0.15, 0.2) is 0 Å². The summed E-state index contributed by atoms with van der Waals surface area (Å²) in [7, 11) is 0. The van der Waals surface area contributed by atoms with Crippen molar-refractivity contribution in [3.05, 3.63) is 11.8 Å². The molecular formula is C10H19N3. The molecule has 0 aliphatic carbocycles. The third kappa shape index (κ3) is 2.76. The molecule has 0 aliphatic heterocycles. The summed E-state index contributed by atoms with van der Waals surface area (Å²) >= 11 is 0. The maximum absolute atomic E-state index is 4.19. The van der Waals surface area contributed by atoms with E-state index in [-0.39, 0.29) is 0 Å². The molecule has 2 N–H and O–H groups in total. The van der Waals surface area contributed by atoms with E-state index in [9.17, 15) is 0 Å². The highest BCUT2D eigenvalue weighted by atomic mass is 15.2. The molecule has 0 fully saturated rings. The molecule has 0 saturated carbocycles. The van der Waals surface area contributed by atoms with Crippen molar-refractivity contribution in [3.8, 4) is 0 Å². The Morgan fingerprint density at radius 3 is 2.92 bits per heavy atom. The molecular weight excluding hydrogens is 162 g/mol. The number of rotatable bonds is 5. The van der Waals surface area contributed by atoms with E-state index in [0.717, 1.165) is 25.2 Å². The predicted molar refractivity (Wildman–Crippen MR) is 56.1 cm³/mol. The quantitative estimate of drug-likeness (QED) is 0.733. The summed E-state index contributed by atoms with van der Waals surface area (Å²) in [5, 5.41) is 10.5. The lowest BCUT2D eigenvalue weighted by atomic mass is 10.1. The van der Waals surface area contributed by atoms with Crippen LogP contribution in [0.2, 0.25) is 0 Å². The fourth-order valence-electron chi connectivity index (χ4n) is 1.15. The van der Waals surface area contributed by atoms with Gasteiger partial charge in [0.2, 0.25) is 0 Å². The number of nitrogens with one attached hydrogen (secondary N) is 2. The van der Waals surface area contributed by atoms with Crippen LogP contribution in [0.3, 0.4) is 0 Å². The van der Waals surface area contributed by atoms with Crippen molar-refractivity contribution in [2.45, 2.75) is 39.5 Å². The van der Waals surface area contributed by atoms with Gasteiger partial charge in [-0.1, -0.05) is 20.8 Å². The van der Waals surface area contributed by atoms with E-state index in [0.29, 0.717) is 5.92 Å². The minimum Gasteiger partial charge on any atom is -0.369 e. The second kappa shape index (κ2) is 4.90. The van der Waals surface area contributed by atoms with E-state index >= 15 is 0 Å². The van der Waals surface area contributed by atoms with Crippen molar-refractivity contribution in [2.75, 3.05) is 11.9 Å². The highest BCUT2D eigenvalue weighted by molar-refractivity contribution is 5.35. The molecule has 0 aromatic carbocycles. The van der Waals surface area contributed by atoms with Crippen molar-refractivity contribution in [3.63, 3.8) is 0 Å². The van der Waals surface area contributed by atoms with Crippen molar-refractivity contribution in [1.82, 2.24) is 10.2 Å². The largest absolute Gasteiger partial charge is 0.369 e. The minimum absolute atomic E-state index is 0.574. The molecule has 1 unspecified atom stereocenters. The molecule has 0 aliphatic rings. The van der Waals surface area contributed by atoms with E-state index in [2.05, 4.69) is 42.4 Å². The number of nitrogens with zero attached hydrogens (tertiary/aromatic N) is 1. The van der Waals surface area contributed by atoms with Crippen molar-refractivity contribution in [2.24, 2.45) is 0 Å². The number of H-pyrrole nitrogens is 1. The Kier molecular flexibility index (Phi) is 3.80. The standard InChI is InChI=1S/C10H19N3/c1-4-6-11-10-7-9(12-13-10)8(3)5-2/h7-8H,4-6H2,1-3H3,(H2,11,12,13). The van der Waals surface area contributed by atoms with Gasteiger partial charge in [0.1, 0.15) is 5.82 Å². The zero-order chi connectivity index (χ0) is 9.68. The summed E-state index contributed by atoms with van der Waals surface area (Å²) in [4.78, 5) is 0. The lowest BCUT2D eigenvalue weighted by Gasteiger charge is -2.02. The summed E-state index contributed by atoms with van der Waals surface area (Å²) in [5.74, 6) is 1.54. The highest BCUT2D eigenvalue weighted by Gasteiger charge is 2.06. The molecule has 1 aromatic rings. The van der Waals surface area contributed by atoms with Gasteiger partial charge in [-0.25, -0.2) is 0 Å². The molecule has 1 rings (SSSR count). The first kappa shape index (κ1) is 10.1. The van der Waals surface area contributed by atoms with Crippen LogP contribution >= 0.6 is 0 Å². The summed E-state index contributed by atoms with van der Waals surface area (Å²) in [5.41, 5.74) is 1.22. The lowest BCUT2D eigenvalue weighted by Crippen LogP contribution is -1.99. The average molecular weight is 181 g/mol. The lowest BCUT2D eigenvalue weighted by molar-refractivity contribution is 0.703. The van der Waals surface area contributed by atoms with Crippen molar-refractivity contribution >= 4 is 5.82 Å². The van der Waals surface area contributed by atoms with Crippen LogP contribution in [-0.4, -0.2) is 16.7 Å². The van der Waals surface area contributed by atoms with Crippen LogP contribution in [0.4, 0.5) is 5.82 Å². The van der Waals surface area contributed by atoms with Gasteiger partial charge in [-0.05, 0) is 18.8 Å². The molecule has 3 nitrogen and oxygen atoms in total. The van der Waals surface area contributed by atoms with E-state index < -0.39 is 0 Å². The van der Waals surface area contributed by atoms with Gasteiger partial charge in [0.05, 0.1) is 0 Å². The number of aromatic amines is 1. The highest BCUT2D eigenvalue weighted by Crippen LogP contribution is 2.18. The van der Waals surface area contributed by atoms with E-state index in [1.807, 2.05) is 0 Å². The molecule has 1 aromatic heterocycles. The molecule has 0 saturated heterocycles. The van der Waals surface area contributed by atoms with E-state index in [1.165, 1.54) is 5.69 Å². The number of anilines is 1. The fraction of sp³-hybridized carbons (Fsp3) is 0.700. The molecule has 0 spiro atoms. The minimum atomic E-state index is 0.574. The average Bonchev–Trinajstić information content (AvgIpc) is 2.62. The second-order valence-electron chi connectivity index (χ2n) is 3.44. The Morgan fingerprint density at radius 1 is 1.54 bits per heavy atom. The van der Waals surface area contributed by atoms with Gasteiger partial charge in [0.25, 0.3) is 0 Å². The Hall–Kier alpha value is -0.990. The van der Waals surface area contributed by atoms with Gasteiger partial charge >= 0.3 is 0 Å². The van der Waals surface area contributed by atoms with Crippen molar-refractivity contribution in [1.29, 1.82) is 0 Å². The van der Waals surface area contributed by atoms with Crippen LogP contribution in [-0.2, 0) is 0 Å². The van der Waals surface area contributed by atoms with Gasteiger partial charge in [-0.3, -0.25) is 5.10 Å². The third-order valence-electron chi connectivity index (χ3n) is 2.30. The van der Waals surface area contributed by atoms with Crippen LogP contribution in [0, 0.1) is 0 Å². The Balaban J connectivity index is 2.53. The van der Waals surface area contributed by atoms with Crippen LogP contribution < -0.4 is 5.32 Å². The maximum atomic E-state index is 4.19. The summed E-state index contributed by atoms with van der Waals surface area (Å²) in [6.07, 6.45) is 2.28. The SMILES string of the molecule is CCCNc1cc(C(C)CC)[nH]n1. The zero-order valence-electron chi connectivity index (χ0n) is 8.72. The third-order valence-corrected chi connectivity index (χ3v) is 2.30. The van der Waals surface area contributed by atoms with E-state index in [4.69, 9.17) is 0 Å². The molecule has 0 radical (unpaired) electrons. The summed E-state index contributed by atoms with van der Waals surface area (Å²) in [6.45, 7) is 7.53. The van der Waals surface area contributed by atoms with Crippen molar-refractivity contribution < 1.29 is 0 Å². The number of hydrogen-bond acceptors (Lipinski definition) is 2. The summed E-state index contributed by atoms with van der Waals surface area (Å²) in [6, 6.07) is 2.10. The molecule has 3 heteroatoms. The van der Waals surface area contributed by atoms with Gasteiger partial charge in [-0.15, -0.1) is 0 Å². The van der Waals surface area contributed by atoms with E-state index in [1.54, 1.807) is 0 Å². The first-order valence-electron chi connectivity index (χ1n) is 5.07. The Morgan fingerprint density at radius 2 is 2.31 bits per heavy atom. The zero-order valence-corrected chi connectivity index (χ0v) is 8.72. The fourth-order valence-corrected chi connectivity index (χ4v) is 1.15. The van der Waals surface area contributed by atoms with Gasteiger partial charge in [0, 0.05) is 18.3 Å². The Bertz CT molecular complexity index is 242. The van der Waals surface area contributed by atoms with Crippen LogP contribution in [0.1, 0.15) is 45.2 Å². The number of hydrogen-bond donors (Lipinski definition) is 2. The summed E-state index contributed by atoms with van der Waals surface area (Å²) < 4.78 is 0. The molecule has 74 valence electrons. The molecule has 0 bridgehead atoms.